The maximum Gasteiger partial charge on any atom is 0.303 e. The van der Waals surface area contributed by atoms with E-state index in [1.165, 1.54) is 0 Å². The van der Waals surface area contributed by atoms with Crippen molar-refractivity contribution in [1.29, 1.82) is 0 Å². The normalized spacial score (nSPS) is 12.7. The van der Waals surface area contributed by atoms with Gasteiger partial charge in [-0.15, -0.1) is 0 Å². The first-order valence-electron chi connectivity index (χ1n) is 6.66. The van der Waals surface area contributed by atoms with Crippen molar-refractivity contribution in [2.75, 3.05) is 0 Å². The number of carbonyl (C=O) groups is 2. The Morgan fingerprint density at radius 1 is 1.17 bits per heavy atom. The number of carboxylic acid groups (broad SMARTS) is 1. The Kier molecular flexibility index (Phi) is 9.81. The van der Waals surface area contributed by atoms with Crippen LogP contribution in [0.3, 0.4) is 0 Å². The van der Waals surface area contributed by atoms with E-state index in [0.717, 1.165) is 0 Å². The Hall–Kier alpha value is -0.900. The Bertz CT molecular complexity index is 254. The highest BCUT2D eigenvalue weighted by Gasteiger charge is 2.29. The number of carboxylic acids is 1. The van der Waals surface area contributed by atoms with Crippen molar-refractivity contribution < 1.29 is 14.7 Å². The van der Waals surface area contributed by atoms with E-state index in [1.807, 2.05) is 48.5 Å². The van der Waals surface area contributed by atoms with E-state index in [4.69, 9.17) is 5.11 Å². The van der Waals surface area contributed by atoms with E-state index in [0.29, 0.717) is 6.42 Å². The number of hydrogen-bond acceptors (Lipinski definition) is 3. The zero-order valence-electron chi connectivity index (χ0n) is 12.8. The van der Waals surface area contributed by atoms with Gasteiger partial charge in [-0.2, -0.15) is 0 Å². The van der Waals surface area contributed by atoms with Gasteiger partial charge in [-0.3, -0.25) is 9.59 Å². The molecule has 2 N–H and O–H groups in total. The first kappa shape index (κ1) is 19.4. The summed E-state index contributed by atoms with van der Waals surface area (Å²) < 4.78 is 0. The minimum absolute atomic E-state index is 0.0200. The second kappa shape index (κ2) is 9.09. The molecule has 4 nitrogen and oxygen atoms in total. The number of ketones is 1. The van der Waals surface area contributed by atoms with Crippen molar-refractivity contribution in [2.24, 2.45) is 5.41 Å². The lowest BCUT2D eigenvalue weighted by Crippen LogP contribution is -2.45. The first-order valence-corrected chi connectivity index (χ1v) is 6.66. The Morgan fingerprint density at radius 2 is 1.61 bits per heavy atom. The summed E-state index contributed by atoms with van der Waals surface area (Å²) in [5.41, 5.74) is -0.439. The minimum atomic E-state index is -0.864. The van der Waals surface area contributed by atoms with Crippen LogP contribution in [0.25, 0.3) is 0 Å². The summed E-state index contributed by atoms with van der Waals surface area (Å²) >= 11 is 0. The third-order valence-electron chi connectivity index (χ3n) is 2.24. The number of Topliss-reactive ketones (excluding diaryl/α,β-unsaturated/α-hetero) is 1. The van der Waals surface area contributed by atoms with Gasteiger partial charge in [-0.1, -0.05) is 48.5 Å². The van der Waals surface area contributed by atoms with Gasteiger partial charge in [0.25, 0.3) is 0 Å². The van der Waals surface area contributed by atoms with Gasteiger partial charge in [0, 0.05) is 17.9 Å². The number of hydrogen-bond donors (Lipinski definition) is 2. The van der Waals surface area contributed by atoms with Crippen LogP contribution in [0.2, 0.25) is 0 Å². The molecule has 0 aromatic rings. The molecule has 0 aliphatic rings. The molecule has 1 atom stereocenters. The van der Waals surface area contributed by atoms with Crippen LogP contribution in [-0.4, -0.2) is 28.9 Å². The fourth-order valence-electron chi connectivity index (χ4n) is 1.48. The van der Waals surface area contributed by atoms with E-state index < -0.39 is 11.4 Å². The molecule has 0 saturated carbocycles. The Labute approximate surface area is 111 Å². The lowest BCUT2D eigenvalue weighted by molar-refractivity contribution is -0.137. The zero-order chi connectivity index (χ0) is 14.9. The second-order valence-electron chi connectivity index (χ2n) is 5.42. The third-order valence-corrected chi connectivity index (χ3v) is 2.24. The van der Waals surface area contributed by atoms with Crippen LogP contribution in [0.15, 0.2) is 0 Å². The number of aliphatic carboxylic acids is 1. The monoisotopic (exact) mass is 259 g/mol. The van der Waals surface area contributed by atoms with Gasteiger partial charge in [0.2, 0.25) is 0 Å². The van der Waals surface area contributed by atoms with Gasteiger partial charge in [-0.05, 0) is 6.42 Å². The van der Waals surface area contributed by atoms with Gasteiger partial charge >= 0.3 is 5.97 Å². The summed E-state index contributed by atoms with van der Waals surface area (Å²) in [6.07, 6.45) is 0.371. The molecule has 0 spiro atoms. The Morgan fingerprint density at radius 3 is 1.89 bits per heavy atom. The molecule has 0 aliphatic carbocycles. The van der Waals surface area contributed by atoms with Crippen LogP contribution >= 0.6 is 0 Å². The first-order chi connectivity index (χ1) is 8.14. The van der Waals surface area contributed by atoms with Crippen molar-refractivity contribution in [2.45, 2.75) is 73.4 Å². The fraction of sp³-hybridized carbons (Fsp3) is 0.857. The van der Waals surface area contributed by atoms with E-state index in [1.54, 1.807) is 0 Å². The summed E-state index contributed by atoms with van der Waals surface area (Å²) in [6, 6.07) is -0.193. The quantitative estimate of drug-likeness (QED) is 0.769. The molecule has 0 aromatic carbocycles. The summed E-state index contributed by atoms with van der Waals surface area (Å²) in [4.78, 5) is 22.6. The average Bonchev–Trinajstić information content (AvgIpc) is 2.24. The van der Waals surface area contributed by atoms with Gasteiger partial charge in [0.05, 0.1) is 6.04 Å². The lowest BCUT2D eigenvalue weighted by Gasteiger charge is -2.26. The SMILES string of the molecule is CC.CC(C)NC(CCC(=O)O)C(=O)C(C)(C)C. The topological polar surface area (TPSA) is 66.4 Å². The number of nitrogens with one attached hydrogen (secondary N) is 1. The number of rotatable bonds is 6. The largest absolute Gasteiger partial charge is 0.481 e. The highest BCUT2D eigenvalue weighted by atomic mass is 16.4. The van der Waals surface area contributed by atoms with Gasteiger partial charge in [0.15, 0.2) is 5.78 Å². The van der Waals surface area contributed by atoms with Crippen LogP contribution in [0, 0.1) is 5.41 Å². The fourth-order valence-corrected chi connectivity index (χ4v) is 1.48. The predicted molar refractivity (Wildman–Crippen MR) is 74.7 cm³/mol. The maximum atomic E-state index is 12.1. The third kappa shape index (κ3) is 9.16. The van der Waals surface area contributed by atoms with Crippen LogP contribution in [-0.2, 0) is 9.59 Å². The molecule has 0 amide bonds. The molecule has 0 heterocycles. The van der Waals surface area contributed by atoms with Crippen LogP contribution in [0.5, 0.6) is 0 Å². The van der Waals surface area contributed by atoms with Crippen LogP contribution < -0.4 is 5.32 Å². The van der Waals surface area contributed by atoms with Crippen molar-refractivity contribution in [3.05, 3.63) is 0 Å². The van der Waals surface area contributed by atoms with Crippen molar-refractivity contribution in [3.8, 4) is 0 Å². The van der Waals surface area contributed by atoms with E-state index in [9.17, 15) is 9.59 Å². The highest BCUT2D eigenvalue weighted by Crippen LogP contribution is 2.19. The standard InChI is InChI=1S/C12H23NO3.C2H6/c1-8(2)13-9(6-7-10(14)15)11(16)12(3,4)5;1-2/h8-9,13H,6-7H2,1-5H3,(H,14,15);1-2H3. The van der Waals surface area contributed by atoms with Gasteiger partial charge in [0.1, 0.15) is 0 Å². The molecule has 108 valence electrons. The lowest BCUT2D eigenvalue weighted by atomic mass is 9.84. The molecule has 0 bridgehead atoms. The second-order valence-corrected chi connectivity index (χ2v) is 5.42. The molecule has 0 aromatic heterocycles. The summed E-state index contributed by atoms with van der Waals surface area (Å²) in [6.45, 7) is 13.5. The number of carbonyl (C=O) groups excluding carboxylic acids is 1. The molecular weight excluding hydrogens is 230 g/mol. The molecule has 0 rings (SSSR count). The molecule has 4 heteroatoms. The molecule has 0 aliphatic heterocycles. The zero-order valence-corrected chi connectivity index (χ0v) is 12.8. The molecule has 0 saturated heterocycles. The minimum Gasteiger partial charge on any atom is -0.481 e. The van der Waals surface area contributed by atoms with Gasteiger partial charge in [-0.25, -0.2) is 0 Å². The van der Waals surface area contributed by atoms with E-state index in [2.05, 4.69) is 5.32 Å². The van der Waals surface area contributed by atoms with E-state index in [-0.39, 0.29) is 24.3 Å². The van der Waals surface area contributed by atoms with Crippen molar-refractivity contribution >= 4 is 11.8 Å². The summed E-state index contributed by atoms with van der Waals surface area (Å²) in [5, 5.41) is 11.8. The van der Waals surface area contributed by atoms with Crippen molar-refractivity contribution in [3.63, 3.8) is 0 Å². The molecule has 0 radical (unpaired) electrons. The maximum absolute atomic E-state index is 12.1. The van der Waals surface area contributed by atoms with Gasteiger partial charge < -0.3 is 10.4 Å². The summed E-state index contributed by atoms with van der Waals surface area (Å²) in [7, 11) is 0. The summed E-state index contributed by atoms with van der Waals surface area (Å²) in [5.74, 6) is -0.792. The van der Waals surface area contributed by atoms with Crippen LogP contribution in [0.4, 0.5) is 0 Å². The Balaban J connectivity index is 0. The average molecular weight is 259 g/mol. The molecular formula is C14H29NO3. The highest BCUT2D eigenvalue weighted by molar-refractivity contribution is 5.89. The van der Waals surface area contributed by atoms with E-state index >= 15 is 0 Å². The molecule has 0 fully saturated rings. The smallest absolute Gasteiger partial charge is 0.303 e. The predicted octanol–water partition coefficient (Wildman–Crippen LogP) is 2.86. The molecule has 1 unspecified atom stereocenters. The molecule has 18 heavy (non-hydrogen) atoms. The van der Waals surface area contributed by atoms with Crippen LogP contribution in [0.1, 0.15) is 61.3 Å². The van der Waals surface area contributed by atoms with Crippen molar-refractivity contribution in [1.82, 2.24) is 5.32 Å².